The van der Waals surface area contributed by atoms with Crippen molar-refractivity contribution in [2.45, 2.75) is 0 Å². The van der Waals surface area contributed by atoms with Crippen LogP contribution in [0.5, 0.6) is 0 Å². The Bertz CT molecular complexity index is 64.0. The minimum Gasteiger partial charge on any atom is -0.152 e. The van der Waals surface area contributed by atoms with Gasteiger partial charge >= 0.3 is 0 Å². The summed E-state index contributed by atoms with van der Waals surface area (Å²) < 4.78 is 0. The van der Waals surface area contributed by atoms with Crippen LogP contribution in [-0.4, -0.2) is 0 Å². The van der Waals surface area contributed by atoms with Gasteiger partial charge < -0.3 is 0 Å². The second kappa shape index (κ2) is 4.15. The predicted molar refractivity (Wildman–Crippen MR) is 24.3 cm³/mol. The van der Waals surface area contributed by atoms with Gasteiger partial charge in [-0.15, -0.1) is 0 Å². The van der Waals surface area contributed by atoms with Crippen LogP contribution in [0.4, 0.5) is 0 Å². The second-order valence-electron chi connectivity index (χ2n) is 0.793. The van der Waals surface area contributed by atoms with Crippen molar-refractivity contribution in [3.63, 3.8) is 0 Å². The molecule has 0 saturated heterocycles. The molecular weight excluding hydrogens is 239 g/mol. The summed E-state index contributed by atoms with van der Waals surface area (Å²) in [6, 6.07) is 4.04. The molecule has 0 saturated carbocycles. The maximum atomic E-state index is 2.04. The molecule has 1 radical (unpaired) electrons. The van der Waals surface area contributed by atoms with Crippen molar-refractivity contribution in [3.05, 3.63) is 22.9 Å². The van der Waals surface area contributed by atoms with Crippen LogP contribution in [0.1, 0.15) is 0 Å². The van der Waals surface area contributed by atoms with Crippen molar-refractivity contribution in [1.29, 1.82) is 0 Å². The van der Waals surface area contributed by atoms with Crippen LogP contribution in [0.3, 0.4) is 0 Å². The van der Waals surface area contributed by atoms with Crippen LogP contribution in [0.2, 0.25) is 0 Å². The fourth-order valence-corrected chi connectivity index (χ4v) is 0.680. The molecule has 0 aromatic carbocycles. The van der Waals surface area contributed by atoms with Crippen molar-refractivity contribution in [3.8, 4) is 0 Å². The van der Waals surface area contributed by atoms with Gasteiger partial charge in [-0.3, -0.25) is 0 Å². The average molecular weight is 243 g/mol. The summed E-state index contributed by atoms with van der Waals surface area (Å²) in [6.45, 7) is 0. The topological polar surface area (TPSA) is 0 Å². The van der Waals surface area contributed by atoms with E-state index in [-0.39, 0.29) is 38.6 Å². The third kappa shape index (κ3) is 2.21. The van der Waals surface area contributed by atoms with Gasteiger partial charge in [0.1, 0.15) is 0 Å². The molecule has 0 bridgehead atoms. The molecule has 2 heteroatoms. The molecule has 1 aromatic heterocycles. The Morgan fingerprint density at radius 1 is 1.00 bits per heavy atom. The van der Waals surface area contributed by atoms with E-state index in [1.807, 2.05) is 22.9 Å². The molecule has 1 rings (SSSR count). The van der Waals surface area contributed by atoms with Crippen LogP contribution in [-0.2, 0) is 0 Å². The van der Waals surface area contributed by atoms with E-state index in [0.29, 0.717) is 0 Å². The largest absolute Gasteiger partial charge is 0.152 e. The summed E-state index contributed by atoms with van der Waals surface area (Å²) in [4.78, 5) is 0. The van der Waals surface area contributed by atoms with E-state index in [9.17, 15) is 0 Å². The van der Waals surface area contributed by atoms with Gasteiger partial charge in [0.05, 0.1) is 0 Å². The van der Waals surface area contributed by atoms with E-state index in [1.54, 1.807) is 11.3 Å². The number of hydrogen-bond donors (Lipinski definition) is 0. The van der Waals surface area contributed by atoms with E-state index in [2.05, 4.69) is 0 Å². The molecule has 0 aliphatic rings. The summed E-state index contributed by atoms with van der Waals surface area (Å²) in [5.41, 5.74) is 0. The van der Waals surface area contributed by atoms with Gasteiger partial charge in [-0.2, -0.15) is 11.3 Å². The fourth-order valence-electron chi connectivity index (χ4n) is 0.227. The third-order valence-corrected chi connectivity index (χ3v) is 1.05. The van der Waals surface area contributed by atoms with Gasteiger partial charge in [-0.1, -0.05) is 12.1 Å². The van der Waals surface area contributed by atoms with E-state index in [0.717, 1.165) is 0 Å². The maximum Gasteiger partial charge on any atom is 0 e. The molecule has 0 fully saturated rings. The zero-order chi connectivity index (χ0) is 3.54. The Balaban J connectivity index is 0.000000250. The molecule has 0 aliphatic heterocycles. The van der Waals surface area contributed by atoms with E-state index in [1.165, 1.54) is 0 Å². The molecule has 1 aromatic rings. The number of thiophene rings is 1. The monoisotopic (exact) mass is 243 g/mol. The van der Waals surface area contributed by atoms with Gasteiger partial charge in [0.15, 0.2) is 0 Å². The first-order chi connectivity index (χ1) is 2.50. The smallest absolute Gasteiger partial charge is 0 e. The summed E-state index contributed by atoms with van der Waals surface area (Å²) in [7, 11) is 0. The second-order valence-corrected chi connectivity index (χ2v) is 1.61. The summed E-state index contributed by atoms with van der Waals surface area (Å²) in [5, 5.41) is 4.08. The molecule has 6 heavy (non-hydrogen) atoms. The van der Waals surface area contributed by atoms with E-state index in [4.69, 9.17) is 0 Å². The van der Waals surface area contributed by atoms with Crippen molar-refractivity contribution in [2.24, 2.45) is 0 Å². The molecule has 0 amide bonds. The Morgan fingerprint density at radius 3 is 1.67 bits per heavy atom. The van der Waals surface area contributed by atoms with Gasteiger partial charge in [-0.25, -0.2) is 0 Å². The average Bonchev–Trinajstić information content (AvgIpc) is 1.76. The molecule has 35 valence electrons. The molecule has 0 spiro atoms. The predicted octanol–water partition coefficient (Wildman–Crippen LogP) is 1.75. The first-order valence-electron chi connectivity index (χ1n) is 1.47. The third-order valence-electron chi connectivity index (χ3n) is 0.425. The van der Waals surface area contributed by atoms with Gasteiger partial charge in [-0.05, 0) is 10.8 Å². The summed E-state index contributed by atoms with van der Waals surface area (Å²) in [6.07, 6.45) is 0. The minimum atomic E-state index is 0. The quantitative estimate of drug-likeness (QED) is 0.651. The Hall–Kier alpha value is 0.986. The summed E-state index contributed by atoms with van der Waals surface area (Å²) in [5.74, 6) is 0. The molecule has 0 nitrogen and oxygen atoms in total. The molecule has 1 heterocycles. The molecular formula is C4H4STb. The van der Waals surface area contributed by atoms with Crippen molar-refractivity contribution in [2.75, 3.05) is 0 Å². The Morgan fingerprint density at radius 2 is 1.50 bits per heavy atom. The van der Waals surface area contributed by atoms with Crippen LogP contribution in [0, 0.1) is 38.6 Å². The van der Waals surface area contributed by atoms with Crippen LogP contribution in [0.25, 0.3) is 0 Å². The summed E-state index contributed by atoms with van der Waals surface area (Å²) >= 11 is 1.71. The number of rotatable bonds is 0. The van der Waals surface area contributed by atoms with Crippen molar-refractivity contribution >= 4 is 11.3 Å². The molecule has 0 unspecified atom stereocenters. The fraction of sp³-hybridized carbons (Fsp3) is 0. The van der Waals surface area contributed by atoms with Crippen molar-refractivity contribution in [1.82, 2.24) is 0 Å². The first-order valence-corrected chi connectivity index (χ1v) is 2.41. The standard InChI is InChI=1S/C4H4S.Tb/c1-2-4-5-3-1;/h1-4H;. The first kappa shape index (κ1) is 6.99. The zero-order valence-corrected chi connectivity index (χ0v) is 6.01. The SMILES string of the molecule is [Tb].c1ccsc1. The minimum absolute atomic E-state index is 0. The van der Waals surface area contributed by atoms with Crippen molar-refractivity contribution < 1.29 is 38.6 Å². The zero-order valence-electron chi connectivity index (χ0n) is 3.05. The van der Waals surface area contributed by atoms with E-state index >= 15 is 0 Å². The van der Waals surface area contributed by atoms with Crippen LogP contribution >= 0.6 is 11.3 Å². The van der Waals surface area contributed by atoms with Gasteiger partial charge in [0.25, 0.3) is 0 Å². The molecule has 0 atom stereocenters. The van der Waals surface area contributed by atoms with Gasteiger partial charge in [0.2, 0.25) is 0 Å². The van der Waals surface area contributed by atoms with E-state index < -0.39 is 0 Å². The van der Waals surface area contributed by atoms with Crippen LogP contribution < -0.4 is 0 Å². The Kier molecular flexibility index (Phi) is 4.84. The maximum absolute atomic E-state index is 2.04. The van der Waals surface area contributed by atoms with Crippen LogP contribution in [0.15, 0.2) is 22.9 Å². The molecule has 0 aliphatic carbocycles. The number of hydrogen-bond acceptors (Lipinski definition) is 1. The van der Waals surface area contributed by atoms with Gasteiger partial charge in [0, 0.05) is 38.6 Å². The normalized spacial score (nSPS) is 6.67. The Labute approximate surface area is 72.0 Å². The molecule has 0 N–H and O–H groups in total.